The van der Waals surface area contributed by atoms with Crippen LogP contribution in [-0.4, -0.2) is 50.4 Å². The zero-order chi connectivity index (χ0) is 25.9. The molecule has 0 saturated carbocycles. The first kappa shape index (κ1) is 25.3. The molecule has 4 rings (SSSR count). The maximum Gasteiger partial charge on any atom is 0.410 e. The van der Waals surface area contributed by atoms with Crippen molar-refractivity contribution in [1.29, 1.82) is 0 Å². The fourth-order valence-electron chi connectivity index (χ4n) is 3.74. The predicted octanol–water partition coefficient (Wildman–Crippen LogP) is 4.76. The van der Waals surface area contributed by atoms with Gasteiger partial charge < -0.3 is 15.0 Å². The summed E-state index contributed by atoms with van der Waals surface area (Å²) in [6.45, 7) is 8.87. The summed E-state index contributed by atoms with van der Waals surface area (Å²) in [5, 5.41) is 7.35. The third-order valence-electron chi connectivity index (χ3n) is 5.49. The molecule has 1 N–H and O–H groups in total. The first-order valence-electron chi connectivity index (χ1n) is 11.6. The number of likely N-dealkylation sites (tertiary alicyclic amines) is 1. The van der Waals surface area contributed by atoms with Gasteiger partial charge in [0.1, 0.15) is 17.1 Å². The number of halogens is 1. The van der Waals surface area contributed by atoms with E-state index in [0.29, 0.717) is 25.5 Å². The Bertz CT molecular complexity index is 1330. The maximum atomic E-state index is 13.1. The predicted molar refractivity (Wildman–Crippen MR) is 138 cm³/mol. The lowest BCUT2D eigenvalue weighted by Crippen LogP contribution is -2.53. The Labute approximate surface area is 215 Å². The number of hydrogen-bond acceptors (Lipinski definition) is 5. The largest absolute Gasteiger partial charge is 0.444 e. The van der Waals surface area contributed by atoms with Crippen LogP contribution in [0.25, 0.3) is 0 Å². The molecule has 2 amide bonds. The summed E-state index contributed by atoms with van der Waals surface area (Å²) in [7, 11) is 0. The number of nitrogens with zero attached hydrogens (tertiary/aromatic N) is 4. The van der Waals surface area contributed by atoms with Crippen LogP contribution in [0.1, 0.15) is 48.0 Å². The third kappa shape index (κ3) is 6.23. The number of hydrogen-bond donors (Lipinski definition) is 1. The standard InChI is InChI=1S/C27H28ClN5O3/c1-18-12-20(11-10-19-8-6-5-7-9-19)13-29-24(18)31-25(34)23-22(28)14-30-33(23)17-21-15-32(16-21)26(35)36-27(2,3)4/h5-9,12-14,21H,15-17H2,1-4H3,(H,29,31,34). The van der Waals surface area contributed by atoms with E-state index in [1.165, 1.54) is 6.20 Å². The second kappa shape index (κ2) is 10.4. The zero-order valence-electron chi connectivity index (χ0n) is 20.7. The fourth-order valence-corrected chi connectivity index (χ4v) is 3.97. The molecule has 3 aromatic rings. The molecule has 3 heterocycles. The molecule has 0 spiro atoms. The molecule has 0 bridgehead atoms. The Balaban J connectivity index is 1.39. The lowest BCUT2D eigenvalue weighted by molar-refractivity contribution is -0.00396. The van der Waals surface area contributed by atoms with Crippen LogP contribution in [0.15, 0.2) is 48.8 Å². The SMILES string of the molecule is Cc1cc(C#Cc2ccccc2)cnc1NC(=O)c1c(Cl)cnn1CC1CN(C(=O)OC(C)(C)C)C1. The molecule has 0 radical (unpaired) electrons. The average molecular weight is 506 g/mol. The van der Waals surface area contributed by atoms with Gasteiger partial charge in [-0.3, -0.25) is 9.48 Å². The van der Waals surface area contributed by atoms with E-state index >= 15 is 0 Å². The Hall–Kier alpha value is -3.83. The molecule has 2 aromatic heterocycles. The van der Waals surface area contributed by atoms with E-state index in [9.17, 15) is 9.59 Å². The summed E-state index contributed by atoms with van der Waals surface area (Å²) in [4.78, 5) is 31.3. The number of carbonyl (C=O) groups excluding carboxylic acids is 2. The number of aryl methyl sites for hydroxylation is 1. The molecule has 0 unspecified atom stereocenters. The molecular formula is C27H28ClN5O3. The molecule has 0 aliphatic carbocycles. The molecule has 1 saturated heterocycles. The second-order valence-corrected chi connectivity index (χ2v) is 10.1. The number of anilines is 1. The van der Waals surface area contributed by atoms with Crippen LogP contribution in [-0.2, 0) is 11.3 Å². The number of nitrogens with one attached hydrogen (secondary N) is 1. The highest BCUT2D eigenvalue weighted by Crippen LogP contribution is 2.24. The van der Waals surface area contributed by atoms with Gasteiger partial charge in [-0.2, -0.15) is 5.10 Å². The highest BCUT2D eigenvalue weighted by atomic mass is 35.5. The van der Waals surface area contributed by atoms with Crippen molar-refractivity contribution in [3.63, 3.8) is 0 Å². The number of benzene rings is 1. The van der Waals surface area contributed by atoms with Crippen LogP contribution in [0.4, 0.5) is 10.6 Å². The summed E-state index contributed by atoms with van der Waals surface area (Å²) in [6.07, 6.45) is 2.73. The van der Waals surface area contributed by atoms with Crippen molar-refractivity contribution in [3.05, 3.63) is 76.2 Å². The fraction of sp³-hybridized carbons (Fsp3) is 0.333. The van der Waals surface area contributed by atoms with Gasteiger partial charge in [0, 0.05) is 42.9 Å². The van der Waals surface area contributed by atoms with Crippen molar-refractivity contribution >= 4 is 29.4 Å². The van der Waals surface area contributed by atoms with Gasteiger partial charge in [0.2, 0.25) is 0 Å². The van der Waals surface area contributed by atoms with Crippen molar-refractivity contribution in [1.82, 2.24) is 19.7 Å². The topological polar surface area (TPSA) is 89.4 Å². The maximum absolute atomic E-state index is 13.1. The van der Waals surface area contributed by atoms with Gasteiger partial charge in [-0.1, -0.05) is 41.6 Å². The zero-order valence-corrected chi connectivity index (χ0v) is 21.5. The van der Waals surface area contributed by atoms with Crippen molar-refractivity contribution in [2.45, 2.75) is 39.8 Å². The Morgan fingerprint density at radius 2 is 1.83 bits per heavy atom. The lowest BCUT2D eigenvalue weighted by Gasteiger charge is -2.39. The number of rotatable bonds is 4. The van der Waals surface area contributed by atoms with Crippen molar-refractivity contribution < 1.29 is 14.3 Å². The minimum atomic E-state index is -0.540. The summed E-state index contributed by atoms with van der Waals surface area (Å²) < 4.78 is 6.97. The van der Waals surface area contributed by atoms with E-state index in [-0.39, 0.29) is 22.7 Å². The Morgan fingerprint density at radius 3 is 2.50 bits per heavy atom. The Kier molecular flexibility index (Phi) is 7.32. The quantitative estimate of drug-likeness (QED) is 0.516. The molecule has 1 aliphatic heterocycles. The molecular weight excluding hydrogens is 478 g/mol. The summed E-state index contributed by atoms with van der Waals surface area (Å²) in [6, 6.07) is 11.6. The molecule has 36 heavy (non-hydrogen) atoms. The molecule has 1 fully saturated rings. The number of ether oxygens (including phenoxy) is 1. The molecule has 0 atom stereocenters. The third-order valence-corrected chi connectivity index (χ3v) is 5.76. The summed E-state index contributed by atoms with van der Waals surface area (Å²) >= 11 is 6.30. The van der Waals surface area contributed by atoms with Crippen LogP contribution < -0.4 is 5.32 Å². The van der Waals surface area contributed by atoms with Gasteiger partial charge >= 0.3 is 6.09 Å². The first-order chi connectivity index (χ1) is 17.1. The van der Waals surface area contributed by atoms with Crippen molar-refractivity contribution in [2.75, 3.05) is 18.4 Å². The summed E-state index contributed by atoms with van der Waals surface area (Å²) in [5.74, 6) is 6.35. The molecule has 9 heteroatoms. The van der Waals surface area contributed by atoms with E-state index < -0.39 is 11.5 Å². The van der Waals surface area contributed by atoms with Crippen LogP contribution in [0.3, 0.4) is 0 Å². The average Bonchev–Trinajstić information content (AvgIpc) is 3.15. The van der Waals surface area contributed by atoms with Crippen LogP contribution in [0, 0.1) is 24.7 Å². The lowest BCUT2D eigenvalue weighted by atomic mass is 10.0. The molecule has 8 nitrogen and oxygen atoms in total. The molecule has 1 aromatic carbocycles. The van der Waals surface area contributed by atoms with E-state index in [2.05, 4.69) is 27.2 Å². The first-order valence-corrected chi connectivity index (χ1v) is 12.0. The minimum absolute atomic E-state index is 0.141. The highest BCUT2D eigenvalue weighted by Gasteiger charge is 2.35. The number of aromatic nitrogens is 3. The van der Waals surface area contributed by atoms with E-state index in [1.807, 2.05) is 64.1 Å². The smallest absolute Gasteiger partial charge is 0.410 e. The summed E-state index contributed by atoms with van der Waals surface area (Å²) in [5.41, 5.74) is 2.15. The highest BCUT2D eigenvalue weighted by molar-refractivity contribution is 6.34. The van der Waals surface area contributed by atoms with Crippen molar-refractivity contribution in [2.24, 2.45) is 5.92 Å². The van der Waals surface area contributed by atoms with Gasteiger partial charge in [-0.05, 0) is 51.5 Å². The number of amides is 2. The minimum Gasteiger partial charge on any atom is -0.444 e. The number of carbonyl (C=O) groups is 2. The van der Waals surface area contributed by atoms with Crippen LogP contribution in [0.2, 0.25) is 5.02 Å². The second-order valence-electron chi connectivity index (χ2n) is 9.73. The number of pyridine rings is 1. The van der Waals surface area contributed by atoms with Gasteiger partial charge in [0.25, 0.3) is 5.91 Å². The molecule has 1 aliphatic rings. The van der Waals surface area contributed by atoms with E-state index in [1.54, 1.807) is 15.8 Å². The van der Waals surface area contributed by atoms with Crippen molar-refractivity contribution in [3.8, 4) is 11.8 Å². The normalized spacial score (nSPS) is 13.4. The van der Waals surface area contributed by atoms with Gasteiger partial charge in [0.15, 0.2) is 0 Å². The van der Waals surface area contributed by atoms with E-state index in [4.69, 9.17) is 16.3 Å². The van der Waals surface area contributed by atoms with Gasteiger partial charge in [0.05, 0.1) is 11.2 Å². The van der Waals surface area contributed by atoms with Gasteiger partial charge in [-0.15, -0.1) is 0 Å². The van der Waals surface area contributed by atoms with Crippen LogP contribution in [0.5, 0.6) is 0 Å². The van der Waals surface area contributed by atoms with Crippen LogP contribution >= 0.6 is 11.6 Å². The monoisotopic (exact) mass is 505 g/mol. The van der Waals surface area contributed by atoms with E-state index in [0.717, 1.165) is 16.7 Å². The molecule has 186 valence electrons. The van der Waals surface area contributed by atoms with Gasteiger partial charge in [-0.25, -0.2) is 9.78 Å². The Morgan fingerprint density at radius 1 is 1.14 bits per heavy atom.